The lowest BCUT2D eigenvalue weighted by molar-refractivity contribution is 0.00971. The monoisotopic (exact) mass is 239 g/mol. The first-order valence-corrected chi connectivity index (χ1v) is 7.34. The van der Waals surface area contributed by atoms with Crippen LogP contribution < -0.4 is 5.73 Å². The first-order valence-electron chi connectivity index (χ1n) is 7.34. The molecule has 1 aliphatic heterocycles. The Morgan fingerprint density at radius 1 is 1.35 bits per heavy atom. The van der Waals surface area contributed by atoms with Crippen LogP contribution in [0.2, 0.25) is 0 Å². The molecule has 3 heteroatoms. The van der Waals surface area contributed by atoms with Crippen molar-refractivity contribution in [1.82, 2.24) is 9.80 Å². The summed E-state index contributed by atoms with van der Waals surface area (Å²) < 4.78 is 0. The predicted octanol–water partition coefficient (Wildman–Crippen LogP) is 1.53. The normalized spacial score (nSPS) is 31.8. The summed E-state index contributed by atoms with van der Waals surface area (Å²) in [5.74, 6) is 0.950. The van der Waals surface area contributed by atoms with E-state index in [4.69, 9.17) is 5.73 Å². The number of hydrogen-bond donors (Lipinski definition) is 1. The highest BCUT2D eigenvalue weighted by molar-refractivity contribution is 4.97. The van der Waals surface area contributed by atoms with Crippen molar-refractivity contribution in [2.75, 3.05) is 39.8 Å². The van der Waals surface area contributed by atoms with Gasteiger partial charge in [0.25, 0.3) is 0 Å². The first kappa shape index (κ1) is 13.3. The highest BCUT2D eigenvalue weighted by Gasteiger charge is 2.39. The highest BCUT2D eigenvalue weighted by Crippen LogP contribution is 2.32. The maximum absolute atomic E-state index is 6.14. The van der Waals surface area contributed by atoms with Crippen molar-refractivity contribution < 1.29 is 0 Å². The summed E-state index contributed by atoms with van der Waals surface area (Å²) in [6.07, 6.45) is 6.90. The van der Waals surface area contributed by atoms with Gasteiger partial charge in [-0.25, -0.2) is 0 Å². The second kappa shape index (κ2) is 5.68. The van der Waals surface area contributed by atoms with Gasteiger partial charge in [-0.1, -0.05) is 13.3 Å². The van der Waals surface area contributed by atoms with E-state index in [-0.39, 0.29) is 5.54 Å². The lowest BCUT2D eigenvalue weighted by atomic mass is 9.81. The van der Waals surface area contributed by atoms with Crippen LogP contribution in [-0.4, -0.2) is 55.1 Å². The highest BCUT2D eigenvalue weighted by atomic mass is 15.3. The largest absolute Gasteiger partial charge is 0.329 e. The lowest BCUT2D eigenvalue weighted by Crippen LogP contribution is -2.63. The molecule has 2 aliphatic rings. The average molecular weight is 239 g/mol. The molecule has 17 heavy (non-hydrogen) atoms. The van der Waals surface area contributed by atoms with Crippen molar-refractivity contribution in [2.24, 2.45) is 11.7 Å². The van der Waals surface area contributed by atoms with E-state index in [2.05, 4.69) is 23.8 Å². The molecule has 1 saturated heterocycles. The van der Waals surface area contributed by atoms with Gasteiger partial charge in [0.15, 0.2) is 0 Å². The van der Waals surface area contributed by atoms with E-state index < -0.39 is 0 Å². The Labute approximate surface area is 106 Å². The third-order valence-corrected chi connectivity index (χ3v) is 4.88. The molecule has 2 N–H and O–H groups in total. The first-order chi connectivity index (χ1) is 8.20. The maximum atomic E-state index is 6.14. The van der Waals surface area contributed by atoms with Crippen LogP contribution in [0.5, 0.6) is 0 Å². The predicted molar refractivity (Wildman–Crippen MR) is 73.1 cm³/mol. The van der Waals surface area contributed by atoms with Gasteiger partial charge < -0.3 is 10.6 Å². The molecular weight excluding hydrogens is 210 g/mol. The smallest absolute Gasteiger partial charge is 0.0458 e. The lowest BCUT2D eigenvalue weighted by Gasteiger charge is -2.50. The number of nitrogens with zero attached hydrogens (tertiary/aromatic N) is 2. The van der Waals surface area contributed by atoms with Crippen LogP contribution in [0.1, 0.15) is 39.0 Å². The van der Waals surface area contributed by atoms with Crippen molar-refractivity contribution in [1.29, 1.82) is 0 Å². The number of rotatable bonds is 5. The molecule has 1 saturated carbocycles. The minimum atomic E-state index is 0.261. The molecule has 1 aliphatic carbocycles. The fourth-order valence-electron chi connectivity index (χ4n) is 3.54. The molecule has 1 heterocycles. The number of piperidine rings is 1. The van der Waals surface area contributed by atoms with Gasteiger partial charge >= 0.3 is 0 Å². The average Bonchev–Trinajstić information content (AvgIpc) is 2.27. The van der Waals surface area contributed by atoms with Gasteiger partial charge in [0.2, 0.25) is 0 Å². The third-order valence-electron chi connectivity index (χ3n) is 4.88. The molecule has 1 unspecified atom stereocenters. The van der Waals surface area contributed by atoms with Crippen LogP contribution in [0.3, 0.4) is 0 Å². The molecule has 0 aromatic carbocycles. The van der Waals surface area contributed by atoms with Crippen molar-refractivity contribution >= 4 is 0 Å². The van der Waals surface area contributed by atoms with Gasteiger partial charge in [-0.05, 0) is 51.7 Å². The van der Waals surface area contributed by atoms with Gasteiger partial charge in [0, 0.05) is 25.2 Å². The van der Waals surface area contributed by atoms with Gasteiger partial charge in [-0.2, -0.15) is 0 Å². The van der Waals surface area contributed by atoms with Gasteiger partial charge in [0.1, 0.15) is 0 Å². The maximum Gasteiger partial charge on any atom is 0.0458 e. The number of likely N-dealkylation sites (N-methyl/N-ethyl adjacent to an activating group) is 2. The molecular formula is C14H29N3. The summed E-state index contributed by atoms with van der Waals surface area (Å²) in [6, 6.07) is 0. The van der Waals surface area contributed by atoms with Gasteiger partial charge in [-0.15, -0.1) is 0 Å². The topological polar surface area (TPSA) is 32.5 Å². The quantitative estimate of drug-likeness (QED) is 0.790. The molecule has 0 aromatic rings. The second-order valence-electron chi connectivity index (χ2n) is 6.11. The summed E-state index contributed by atoms with van der Waals surface area (Å²) >= 11 is 0. The van der Waals surface area contributed by atoms with Crippen LogP contribution in [0, 0.1) is 5.92 Å². The summed E-state index contributed by atoms with van der Waals surface area (Å²) in [7, 11) is 2.24. The third kappa shape index (κ3) is 2.83. The fraction of sp³-hybridized carbons (Fsp3) is 1.00. The summed E-state index contributed by atoms with van der Waals surface area (Å²) in [6.45, 7) is 7.94. The minimum absolute atomic E-state index is 0.261. The summed E-state index contributed by atoms with van der Waals surface area (Å²) in [5.41, 5.74) is 6.41. The Kier molecular flexibility index (Phi) is 4.45. The van der Waals surface area contributed by atoms with Crippen LogP contribution >= 0.6 is 0 Å². The number of hydrogen-bond acceptors (Lipinski definition) is 3. The fourth-order valence-corrected chi connectivity index (χ4v) is 3.54. The van der Waals surface area contributed by atoms with Gasteiger partial charge in [0.05, 0.1) is 0 Å². The van der Waals surface area contributed by atoms with Crippen molar-refractivity contribution in [2.45, 2.75) is 44.6 Å². The molecule has 0 radical (unpaired) electrons. The van der Waals surface area contributed by atoms with Crippen molar-refractivity contribution in [3.63, 3.8) is 0 Å². The zero-order chi connectivity index (χ0) is 12.3. The Morgan fingerprint density at radius 3 is 2.59 bits per heavy atom. The van der Waals surface area contributed by atoms with Crippen molar-refractivity contribution in [3.8, 4) is 0 Å². The SMILES string of the molecule is CCN(CC1CCC1)C1(CN)CCCN(C)C1. The zero-order valence-corrected chi connectivity index (χ0v) is 11.6. The number of nitrogens with two attached hydrogens (primary N) is 1. The molecule has 2 fully saturated rings. The summed E-state index contributed by atoms with van der Waals surface area (Å²) in [5, 5.41) is 0. The summed E-state index contributed by atoms with van der Waals surface area (Å²) in [4.78, 5) is 5.15. The Hall–Kier alpha value is -0.120. The van der Waals surface area contributed by atoms with E-state index >= 15 is 0 Å². The second-order valence-corrected chi connectivity index (χ2v) is 6.11. The molecule has 1 atom stereocenters. The van der Waals surface area contributed by atoms with Crippen LogP contribution in [0.15, 0.2) is 0 Å². The Bertz CT molecular complexity index is 240. The molecule has 100 valence electrons. The van der Waals surface area contributed by atoms with Crippen LogP contribution in [0.4, 0.5) is 0 Å². The van der Waals surface area contributed by atoms with Crippen molar-refractivity contribution in [3.05, 3.63) is 0 Å². The number of likely N-dealkylation sites (tertiary alicyclic amines) is 1. The van der Waals surface area contributed by atoms with E-state index in [9.17, 15) is 0 Å². The minimum Gasteiger partial charge on any atom is -0.329 e. The van der Waals surface area contributed by atoms with E-state index in [1.807, 2.05) is 0 Å². The standard InChI is InChI=1S/C14H29N3/c1-3-17(10-13-6-4-7-13)14(11-15)8-5-9-16(2)12-14/h13H,3-12,15H2,1-2H3. The van der Waals surface area contributed by atoms with Crippen LogP contribution in [-0.2, 0) is 0 Å². The Morgan fingerprint density at radius 2 is 2.12 bits per heavy atom. The molecule has 0 aromatic heterocycles. The molecule has 3 nitrogen and oxygen atoms in total. The van der Waals surface area contributed by atoms with E-state index in [0.717, 1.165) is 25.6 Å². The van der Waals surface area contributed by atoms with Gasteiger partial charge in [-0.3, -0.25) is 4.90 Å². The van der Waals surface area contributed by atoms with Crippen LogP contribution in [0.25, 0.3) is 0 Å². The molecule has 0 spiro atoms. The molecule has 0 amide bonds. The Balaban J connectivity index is 2.01. The van der Waals surface area contributed by atoms with E-state index in [0.29, 0.717) is 0 Å². The zero-order valence-electron chi connectivity index (χ0n) is 11.6. The molecule has 2 rings (SSSR count). The molecule has 0 bridgehead atoms. The van der Waals surface area contributed by atoms with E-state index in [1.54, 1.807) is 0 Å². The van der Waals surface area contributed by atoms with E-state index in [1.165, 1.54) is 45.2 Å².